The van der Waals surface area contributed by atoms with E-state index in [-0.39, 0.29) is 36.8 Å². The number of carbonyl (C=O) groups is 5. The molecule has 0 radical (unpaired) electrons. The number of pyridine rings is 1. The summed E-state index contributed by atoms with van der Waals surface area (Å²) < 4.78 is 6.82. The van der Waals surface area contributed by atoms with Gasteiger partial charge in [0.1, 0.15) is 23.9 Å². The lowest BCUT2D eigenvalue weighted by molar-refractivity contribution is -0.137. The first-order valence-corrected chi connectivity index (χ1v) is 13.6. The zero-order valence-electron chi connectivity index (χ0n) is 24.8. The van der Waals surface area contributed by atoms with Crippen molar-refractivity contribution < 1.29 is 28.4 Å². The zero-order valence-corrected chi connectivity index (χ0v) is 24.8. The molecule has 2 heterocycles. The molecule has 1 atom stereocenters. The van der Waals surface area contributed by atoms with Gasteiger partial charge in [-0.05, 0) is 42.7 Å². The van der Waals surface area contributed by atoms with E-state index in [1.807, 2.05) is 38.9 Å². The summed E-state index contributed by atoms with van der Waals surface area (Å²) in [6.07, 6.45) is 0.791. The van der Waals surface area contributed by atoms with Crippen LogP contribution >= 0.6 is 0 Å². The fraction of sp³-hybridized carbons (Fsp3) is 0.333. The van der Waals surface area contributed by atoms with Gasteiger partial charge < -0.3 is 35.2 Å². The quantitative estimate of drug-likeness (QED) is 0.218. The predicted molar refractivity (Wildman–Crippen MR) is 162 cm³/mol. The van der Waals surface area contributed by atoms with Crippen LogP contribution in [-0.4, -0.2) is 61.2 Å². The van der Waals surface area contributed by atoms with E-state index in [0.29, 0.717) is 16.7 Å². The maximum atomic E-state index is 13.3. The summed E-state index contributed by atoms with van der Waals surface area (Å²) in [4.78, 5) is 77.6. The molecule has 4 N–H and O–H groups in total. The van der Waals surface area contributed by atoms with Crippen LogP contribution in [0.2, 0.25) is 0 Å². The molecular weight excluding hydrogens is 556 g/mol. The molecule has 2 aromatic heterocycles. The van der Waals surface area contributed by atoms with Gasteiger partial charge in [-0.25, -0.2) is 0 Å². The molecule has 0 saturated carbocycles. The monoisotopic (exact) mass is 592 g/mol. The topological polar surface area (TPSA) is 172 Å². The predicted octanol–water partition coefficient (Wildman–Crippen LogP) is 1.78. The van der Waals surface area contributed by atoms with Crippen LogP contribution in [0.4, 0.5) is 11.4 Å². The second kappa shape index (κ2) is 14.1. The molecular formula is C30H36N6O7. The van der Waals surface area contributed by atoms with E-state index in [1.165, 1.54) is 31.4 Å². The zero-order chi connectivity index (χ0) is 31.8. The second-order valence-corrected chi connectivity index (χ2v) is 10.4. The molecule has 0 aliphatic heterocycles. The Bertz CT molecular complexity index is 1620. The lowest BCUT2D eigenvalue weighted by Crippen LogP contribution is -2.45. The van der Waals surface area contributed by atoms with Gasteiger partial charge in [0.25, 0.3) is 17.4 Å². The molecule has 1 aromatic carbocycles. The summed E-state index contributed by atoms with van der Waals surface area (Å²) in [5, 5.41) is 10.5. The number of furan rings is 1. The van der Waals surface area contributed by atoms with Crippen LogP contribution < -0.4 is 31.7 Å². The Balaban J connectivity index is 1.81. The van der Waals surface area contributed by atoms with E-state index in [1.54, 1.807) is 12.1 Å². The molecule has 0 aliphatic carbocycles. The third-order valence-electron chi connectivity index (χ3n) is 6.59. The Morgan fingerprint density at radius 3 is 2.44 bits per heavy atom. The maximum Gasteiger partial charge on any atom is 0.287 e. The third-order valence-corrected chi connectivity index (χ3v) is 6.59. The second-order valence-electron chi connectivity index (χ2n) is 10.4. The van der Waals surface area contributed by atoms with E-state index in [9.17, 15) is 28.8 Å². The molecule has 3 aromatic rings. The van der Waals surface area contributed by atoms with Gasteiger partial charge in [0.2, 0.25) is 17.6 Å². The molecule has 228 valence electrons. The number of Topliss-reactive ketones (excluding diaryl/α,β-unsaturated/α-hetero) is 1. The van der Waals surface area contributed by atoms with Crippen LogP contribution in [0.3, 0.4) is 0 Å². The van der Waals surface area contributed by atoms with Crippen molar-refractivity contribution in [1.82, 2.24) is 20.5 Å². The Kier molecular flexibility index (Phi) is 10.6. The molecule has 0 fully saturated rings. The number of carbonyl (C=O) groups excluding carboxylic acids is 5. The summed E-state index contributed by atoms with van der Waals surface area (Å²) in [5.74, 6) is -3.71. The summed E-state index contributed by atoms with van der Waals surface area (Å²) in [6.45, 7) is 7.18. The molecule has 43 heavy (non-hydrogen) atoms. The number of aromatic nitrogens is 1. The van der Waals surface area contributed by atoms with Crippen molar-refractivity contribution >= 4 is 51.8 Å². The van der Waals surface area contributed by atoms with Crippen LogP contribution in [0.1, 0.15) is 37.2 Å². The normalized spacial score (nSPS) is 11.5. The number of hydrogen-bond donors (Lipinski definition) is 4. The van der Waals surface area contributed by atoms with Gasteiger partial charge in [0.15, 0.2) is 5.76 Å². The van der Waals surface area contributed by atoms with Gasteiger partial charge in [0.05, 0.1) is 0 Å². The standard InChI is InChI=1S/C30H36N6O7/c1-17(2)18(3)32-26(38)16-36-13-7-8-22(30(36)42)34-27(39)21(11-12-23(37)28(40)31-4)33-29(41)25-14-19-9-10-20(35(5)6)15-24(19)43-25/h7-10,13-15,17,21H,3,11-12,16H2,1-2,4-6H3,(H,31,40)(H,32,38)(H,33,41)(H,34,39)/t21-/m0/s1. The van der Waals surface area contributed by atoms with Crippen LogP contribution in [0.5, 0.6) is 0 Å². The van der Waals surface area contributed by atoms with E-state index >= 15 is 0 Å². The number of hydrogen-bond acceptors (Lipinski definition) is 8. The SMILES string of the molecule is C=C(NC(=O)Cn1cccc(NC(=O)[C@H](CCC(=O)C(=O)NC)NC(=O)c2cc3ccc(N(C)C)cc3o2)c1=O)C(C)C. The summed E-state index contributed by atoms with van der Waals surface area (Å²) in [6, 6.07) is 8.42. The van der Waals surface area contributed by atoms with Crippen molar-refractivity contribution in [2.24, 2.45) is 5.92 Å². The summed E-state index contributed by atoms with van der Waals surface area (Å²) in [7, 11) is 5.03. The van der Waals surface area contributed by atoms with Crippen molar-refractivity contribution in [3.63, 3.8) is 0 Å². The minimum absolute atomic E-state index is 0.00352. The molecule has 0 bridgehead atoms. The molecule has 0 spiro atoms. The highest BCUT2D eigenvalue weighted by atomic mass is 16.3. The number of anilines is 2. The van der Waals surface area contributed by atoms with Crippen molar-refractivity contribution in [2.75, 3.05) is 31.4 Å². The molecule has 13 heteroatoms. The average Bonchev–Trinajstić information content (AvgIpc) is 3.40. The highest BCUT2D eigenvalue weighted by Crippen LogP contribution is 2.24. The number of benzene rings is 1. The van der Waals surface area contributed by atoms with Crippen LogP contribution in [0, 0.1) is 5.92 Å². The van der Waals surface area contributed by atoms with Crippen molar-refractivity contribution in [1.29, 1.82) is 0 Å². The highest BCUT2D eigenvalue weighted by molar-refractivity contribution is 6.36. The minimum Gasteiger partial charge on any atom is -0.451 e. The molecule has 0 saturated heterocycles. The number of nitrogens with zero attached hydrogens (tertiary/aromatic N) is 2. The third kappa shape index (κ3) is 8.41. The number of ketones is 1. The molecule has 3 rings (SSSR count). The van der Waals surface area contributed by atoms with Crippen LogP contribution in [0.25, 0.3) is 11.0 Å². The van der Waals surface area contributed by atoms with E-state index in [0.717, 1.165) is 10.3 Å². The average molecular weight is 593 g/mol. The Morgan fingerprint density at radius 2 is 1.79 bits per heavy atom. The highest BCUT2D eigenvalue weighted by Gasteiger charge is 2.26. The van der Waals surface area contributed by atoms with Crippen molar-refractivity contribution in [3.05, 3.63) is 71.0 Å². The Morgan fingerprint density at radius 1 is 1.07 bits per heavy atom. The van der Waals surface area contributed by atoms with E-state index in [2.05, 4.69) is 27.8 Å². The van der Waals surface area contributed by atoms with Crippen molar-refractivity contribution in [2.45, 2.75) is 39.3 Å². The molecule has 0 unspecified atom stereocenters. The largest absolute Gasteiger partial charge is 0.451 e. The number of nitrogens with one attached hydrogen (secondary N) is 4. The molecule has 4 amide bonds. The van der Waals surface area contributed by atoms with Crippen LogP contribution in [0.15, 0.2) is 64.1 Å². The van der Waals surface area contributed by atoms with Gasteiger partial charge in [-0.3, -0.25) is 28.8 Å². The fourth-order valence-corrected chi connectivity index (χ4v) is 3.93. The number of amides is 4. The first-order valence-electron chi connectivity index (χ1n) is 13.6. The Hall–Kier alpha value is -5.20. The van der Waals surface area contributed by atoms with E-state index < -0.39 is 41.0 Å². The van der Waals surface area contributed by atoms with Crippen LogP contribution in [-0.2, 0) is 25.7 Å². The fourth-order valence-electron chi connectivity index (χ4n) is 3.93. The smallest absolute Gasteiger partial charge is 0.287 e. The van der Waals surface area contributed by atoms with Gasteiger partial charge in [-0.15, -0.1) is 0 Å². The Labute approximate surface area is 248 Å². The molecule has 0 aliphatic rings. The van der Waals surface area contributed by atoms with Gasteiger partial charge >= 0.3 is 0 Å². The first kappa shape index (κ1) is 32.3. The number of fused-ring (bicyclic) bond motifs is 1. The summed E-state index contributed by atoms with van der Waals surface area (Å²) in [5.41, 5.74) is 0.990. The first-order chi connectivity index (χ1) is 20.3. The lowest BCUT2D eigenvalue weighted by atomic mass is 10.1. The van der Waals surface area contributed by atoms with Gasteiger partial charge in [-0.1, -0.05) is 20.4 Å². The maximum absolute atomic E-state index is 13.3. The van der Waals surface area contributed by atoms with Crippen molar-refractivity contribution in [3.8, 4) is 0 Å². The summed E-state index contributed by atoms with van der Waals surface area (Å²) >= 11 is 0. The van der Waals surface area contributed by atoms with E-state index in [4.69, 9.17) is 4.42 Å². The number of allylic oxidation sites excluding steroid dienone is 1. The number of rotatable bonds is 13. The van der Waals surface area contributed by atoms with Gasteiger partial charge in [-0.2, -0.15) is 0 Å². The molecule has 13 nitrogen and oxygen atoms in total. The lowest BCUT2D eigenvalue weighted by Gasteiger charge is -2.18. The number of likely N-dealkylation sites (N-methyl/N-ethyl adjacent to an activating group) is 1. The minimum atomic E-state index is -1.32. The van der Waals surface area contributed by atoms with Gasteiger partial charge in [0, 0.05) is 56.6 Å².